The van der Waals surface area contributed by atoms with Crippen molar-refractivity contribution < 1.29 is 9.53 Å². The quantitative estimate of drug-likeness (QED) is 0.678. The Kier molecular flexibility index (Phi) is 3.52. The predicted molar refractivity (Wildman–Crippen MR) is 47.4 cm³/mol. The summed E-state index contributed by atoms with van der Waals surface area (Å²) < 4.78 is 4.72. The van der Waals surface area contributed by atoms with Gasteiger partial charge >= 0.3 is 0 Å². The zero-order chi connectivity index (χ0) is 9.68. The molecule has 0 aliphatic carbocycles. The Hall–Kier alpha value is -1.29. The van der Waals surface area contributed by atoms with E-state index in [2.05, 4.69) is 9.97 Å². The topological polar surface area (TPSA) is 52.1 Å². The Morgan fingerprint density at radius 3 is 2.77 bits per heavy atom. The average Bonchev–Trinajstić information content (AvgIpc) is 2.09. The third-order valence-corrected chi connectivity index (χ3v) is 1.65. The Morgan fingerprint density at radius 2 is 2.15 bits per heavy atom. The highest BCUT2D eigenvalue weighted by molar-refractivity contribution is 5.81. The van der Waals surface area contributed by atoms with Crippen LogP contribution in [-0.2, 0) is 16.0 Å². The van der Waals surface area contributed by atoms with Gasteiger partial charge in [-0.25, -0.2) is 0 Å². The van der Waals surface area contributed by atoms with Gasteiger partial charge in [0.25, 0.3) is 0 Å². The summed E-state index contributed by atoms with van der Waals surface area (Å²) in [5, 5.41) is 0. The summed E-state index contributed by atoms with van der Waals surface area (Å²) in [6, 6.07) is 0. The van der Waals surface area contributed by atoms with Crippen LogP contribution in [0.25, 0.3) is 0 Å². The smallest absolute Gasteiger partial charge is 0.164 e. The molecule has 1 aromatic rings. The molecule has 1 rings (SSSR count). The normalized spacial score (nSPS) is 10.0. The molecular formula is C9H12N2O2. The molecule has 70 valence electrons. The molecule has 0 aliphatic heterocycles. The Balaban J connectivity index is 2.63. The summed E-state index contributed by atoms with van der Waals surface area (Å²) in [5.74, 6) is 0.0195. The van der Waals surface area contributed by atoms with Crippen LogP contribution in [0.1, 0.15) is 11.4 Å². The fourth-order valence-corrected chi connectivity index (χ4v) is 1.01. The van der Waals surface area contributed by atoms with Crippen LogP contribution in [0.15, 0.2) is 12.4 Å². The van der Waals surface area contributed by atoms with Crippen LogP contribution in [0, 0.1) is 6.92 Å². The summed E-state index contributed by atoms with van der Waals surface area (Å²) in [6.45, 7) is 1.97. The number of ketones is 1. The Morgan fingerprint density at radius 1 is 1.46 bits per heavy atom. The number of aryl methyl sites for hydroxylation is 1. The molecule has 13 heavy (non-hydrogen) atoms. The summed E-state index contributed by atoms with van der Waals surface area (Å²) in [6.07, 6.45) is 3.50. The fourth-order valence-electron chi connectivity index (χ4n) is 1.01. The van der Waals surface area contributed by atoms with Crippen LogP contribution in [-0.4, -0.2) is 29.5 Å². The zero-order valence-corrected chi connectivity index (χ0v) is 7.78. The molecule has 0 N–H and O–H groups in total. The first kappa shape index (κ1) is 9.80. The van der Waals surface area contributed by atoms with Gasteiger partial charge in [0.05, 0.1) is 17.8 Å². The number of carbonyl (C=O) groups excluding carboxylic acids is 1. The number of hydrogen-bond donors (Lipinski definition) is 0. The highest BCUT2D eigenvalue weighted by Gasteiger charge is 2.06. The van der Waals surface area contributed by atoms with Gasteiger partial charge in [-0.05, 0) is 6.92 Å². The maximum absolute atomic E-state index is 11.2. The van der Waals surface area contributed by atoms with E-state index < -0.39 is 0 Å². The molecule has 0 aromatic carbocycles. The molecule has 0 fully saturated rings. The lowest BCUT2D eigenvalue weighted by molar-refractivity contribution is -0.122. The first-order valence-electron chi connectivity index (χ1n) is 4.01. The van der Waals surface area contributed by atoms with Crippen molar-refractivity contribution >= 4 is 5.78 Å². The van der Waals surface area contributed by atoms with Gasteiger partial charge in [0.15, 0.2) is 5.78 Å². The molecule has 1 aromatic heterocycles. The van der Waals surface area contributed by atoms with Gasteiger partial charge in [0.1, 0.15) is 6.61 Å². The maximum atomic E-state index is 11.2. The molecule has 0 spiro atoms. The van der Waals surface area contributed by atoms with Crippen molar-refractivity contribution in [3.05, 3.63) is 23.8 Å². The zero-order valence-electron chi connectivity index (χ0n) is 7.78. The minimum atomic E-state index is 0.0195. The maximum Gasteiger partial charge on any atom is 0.164 e. The number of Topliss-reactive ketones (excluding diaryl/α,β-unsaturated/α-hetero) is 1. The van der Waals surface area contributed by atoms with Gasteiger partial charge in [0.2, 0.25) is 0 Å². The monoisotopic (exact) mass is 180 g/mol. The lowest BCUT2D eigenvalue weighted by atomic mass is 10.2. The highest BCUT2D eigenvalue weighted by Crippen LogP contribution is 2.00. The second-order valence-corrected chi connectivity index (χ2v) is 2.74. The molecule has 1 heterocycles. The number of rotatable bonds is 4. The molecule has 0 radical (unpaired) electrons. The molecule has 0 saturated carbocycles. The first-order valence-corrected chi connectivity index (χ1v) is 4.01. The number of nitrogens with zero attached hydrogens (tertiary/aromatic N) is 2. The van der Waals surface area contributed by atoms with Crippen molar-refractivity contribution in [2.45, 2.75) is 13.3 Å². The standard InChI is InChI=1S/C9H12N2O2/c1-7-9(11-4-3-10-7)5-8(12)6-13-2/h3-4H,5-6H2,1-2H3. The summed E-state index contributed by atoms with van der Waals surface area (Å²) in [4.78, 5) is 19.3. The SMILES string of the molecule is COCC(=O)Cc1nccnc1C. The molecule has 0 aliphatic rings. The van der Waals surface area contributed by atoms with Crippen molar-refractivity contribution in [2.75, 3.05) is 13.7 Å². The molecule has 0 amide bonds. The van der Waals surface area contributed by atoms with E-state index in [1.165, 1.54) is 7.11 Å². The van der Waals surface area contributed by atoms with E-state index in [4.69, 9.17) is 4.74 Å². The van der Waals surface area contributed by atoms with E-state index in [0.717, 1.165) is 11.4 Å². The van der Waals surface area contributed by atoms with Gasteiger partial charge in [-0.3, -0.25) is 14.8 Å². The van der Waals surface area contributed by atoms with Gasteiger partial charge in [-0.1, -0.05) is 0 Å². The third kappa shape index (κ3) is 2.91. The number of hydrogen-bond acceptors (Lipinski definition) is 4. The number of aromatic nitrogens is 2. The number of carbonyl (C=O) groups is 1. The molecule has 0 atom stereocenters. The van der Waals surface area contributed by atoms with E-state index in [1.54, 1.807) is 12.4 Å². The van der Waals surface area contributed by atoms with Gasteiger partial charge in [0, 0.05) is 19.5 Å². The third-order valence-electron chi connectivity index (χ3n) is 1.65. The van der Waals surface area contributed by atoms with Gasteiger partial charge < -0.3 is 4.74 Å². The average molecular weight is 180 g/mol. The fraction of sp³-hybridized carbons (Fsp3) is 0.444. The van der Waals surface area contributed by atoms with Crippen LogP contribution >= 0.6 is 0 Å². The lowest BCUT2D eigenvalue weighted by Crippen LogP contribution is -2.12. The van der Waals surface area contributed by atoms with Crippen LogP contribution in [0.2, 0.25) is 0 Å². The molecule has 4 nitrogen and oxygen atoms in total. The van der Waals surface area contributed by atoms with Gasteiger partial charge in [-0.15, -0.1) is 0 Å². The Labute approximate surface area is 77.0 Å². The van der Waals surface area contributed by atoms with E-state index in [9.17, 15) is 4.79 Å². The minimum absolute atomic E-state index is 0.0195. The number of methoxy groups -OCH3 is 1. The second kappa shape index (κ2) is 4.67. The molecule has 0 saturated heterocycles. The van der Waals surface area contributed by atoms with Crippen molar-refractivity contribution in [1.82, 2.24) is 9.97 Å². The van der Waals surface area contributed by atoms with E-state index in [-0.39, 0.29) is 12.4 Å². The van der Waals surface area contributed by atoms with Crippen molar-refractivity contribution in [3.8, 4) is 0 Å². The van der Waals surface area contributed by atoms with E-state index in [1.807, 2.05) is 6.92 Å². The summed E-state index contributed by atoms with van der Waals surface area (Å²) >= 11 is 0. The molecule has 0 bridgehead atoms. The molecule has 0 unspecified atom stereocenters. The summed E-state index contributed by atoms with van der Waals surface area (Å²) in [5.41, 5.74) is 1.52. The van der Waals surface area contributed by atoms with Crippen LogP contribution in [0.3, 0.4) is 0 Å². The predicted octanol–water partition coefficient (Wildman–Crippen LogP) is 0.543. The van der Waals surface area contributed by atoms with Crippen LogP contribution in [0.4, 0.5) is 0 Å². The molecule has 4 heteroatoms. The highest BCUT2D eigenvalue weighted by atomic mass is 16.5. The second-order valence-electron chi connectivity index (χ2n) is 2.74. The van der Waals surface area contributed by atoms with Gasteiger partial charge in [-0.2, -0.15) is 0 Å². The Bertz CT molecular complexity index is 299. The minimum Gasteiger partial charge on any atom is -0.377 e. The van der Waals surface area contributed by atoms with Crippen LogP contribution < -0.4 is 0 Å². The van der Waals surface area contributed by atoms with E-state index >= 15 is 0 Å². The van der Waals surface area contributed by atoms with Crippen LogP contribution in [0.5, 0.6) is 0 Å². The van der Waals surface area contributed by atoms with Crippen molar-refractivity contribution in [1.29, 1.82) is 0 Å². The largest absolute Gasteiger partial charge is 0.377 e. The first-order chi connectivity index (χ1) is 6.24. The van der Waals surface area contributed by atoms with Crippen molar-refractivity contribution in [3.63, 3.8) is 0 Å². The molecular weight excluding hydrogens is 168 g/mol. The van der Waals surface area contributed by atoms with Crippen molar-refractivity contribution in [2.24, 2.45) is 0 Å². The lowest BCUT2D eigenvalue weighted by Gasteiger charge is -2.01. The summed E-state index contributed by atoms with van der Waals surface area (Å²) in [7, 11) is 1.50. The van der Waals surface area contributed by atoms with E-state index in [0.29, 0.717) is 6.42 Å². The number of ether oxygens (including phenoxy) is 1.